The van der Waals surface area contributed by atoms with Crippen LogP contribution in [0.15, 0.2) is 0 Å². The van der Waals surface area contributed by atoms with Crippen molar-refractivity contribution in [2.24, 2.45) is 0 Å². The Morgan fingerprint density at radius 1 is 0.571 bits per heavy atom. The molecule has 0 aliphatic carbocycles. The molecular weight excluding hydrogens is 264 g/mol. The topological polar surface area (TPSA) is 58.2 Å². The van der Waals surface area contributed by atoms with Gasteiger partial charge in [0.2, 0.25) is 0 Å². The summed E-state index contributed by atoms with van der Waals surface area (Å²) in [5, 5.41) is 5.33. The van der Waals surface area contributed by atoms with Gasteiger partial charge in [-0.25, -0.2) is 0 Å². The Balaban J connectivity index is 3.34. The summed E-state index contributed by atoms with van der Waals surface area (Å²) in [6.45, 7) is 5.54. The molecule has 0 saturated carbocycles. The van der Waals surface area contributed by atoms with E-state index in [-0.39, 0.29) is 0 Å². The van der Waals surface area contributed by atoms with E-state index in [1.807, 2.05) is 0 Å². The maximum absolute atomic E-state index is 11.5. The fraction of sp³-hybridized carbons (Fsp3) is 0.882. The smallest absolute Gasteiger partial charge is 0.309 e. The number of hydrogen-bond acceptors (Lipinski definition) is 2. The van der Waals surface area contributed by atoms with Gasteiger partial charge in [-0.2, -0.15) is 0 Å². The highest BCUT2D eigenvalue weighted by molar-refractivity contribution is 6.35. The van der Waals surface area contributed by atoms with Gasteiger partial charge in [0.1, 0.15) is 0 Å². The monoisotopic (exact) mass is 298 g/mol. The third-order valence-electron chi connectivity index (χ3n) is 3.59. The second-order valence-electron chi connectivity index (χ2n) is 5.69. The molecule has 0 spiro atoms. The summed E-state index contributed by atoms with van der Waals surface area (Å²) in [5.41, 5.74) is 0. The van der Waals surface area contributed by atoms with Gasteiger partial charge >= 0.3 is 11.8 Å². The van der Waals surface area contributed by atoms with Crippen molar-refractivity contribution in [1.29, 1.82) is 0 Å². The van der Waals surface area contributed by atoms with Gasteiger partial charge in [0.15, 0.2) is 0 Å². The Hall–Kier alpha value is -1.06. The summed E-state index contributed by atoms with van der Waals surface area (Å²) >= 11 is 0. The van der Waals surface area contributed by atoms with E-state index >= 15 is 0 Å². The minimum absolute atomic E-state index is 0.491. The molecule has 0 fully saturated rings. The van der Waals surface area contributed by atoms with Crippen LogP contribution in [0.4, 0.5) is 0 Å². The van der Waals surface area contributed by atoms with Crippen LogP contribution in [0.2, 0.25) is 0 Å². The summed E-state index contributed by atoms with van der Waals surface area (Å²) in [6, 6.07) is 0. The maximum Gasteiger partial charge on any atom is 0.309 e. The Morgan fingerprint density at radius 2 is 0.905 bits per heavy atom. The number of carbonyl (C=O) groups is 2. The summed E-state index contributed by atoms with van der Waals surface area (Å²) in [7, 11) is 0. The van der Waals surface area contributed by atoms with Crippen molar-refractivity contribution < 1.29 is 9.59 Å². The third-order valence-corrected chi connectivity index (χ3v) is 3.59. The van der Waals surface area contributed by atoms with E-state index in [1.54, 1.807) is 0 Å². The van der Waals surface area contributed by atoms with Crippen LogP contribution < -0.4 is 10.6 Å². The van der Waals surface area contributed by atoms with Crippen molar-refractivity contribution in [3.63, 3.8) is 0 Å². The fourth-order valence-electron chi connectivity index (χ4n) is 2.20. The molecular formula is C17H34N2O2. The van der Waals surface area contributed by atoms with Crippen molar-refractivity contribution >= 4 is 11.8 Å². The summed E-state index contributed by atoms with van der Waals surface area (Å²) in [6.07, 6.45) is 13.0. The lowest BCUT2D eigenvalue weighted by molar-refractivity contribution is -0.139. The molecule has 0 rings (SSSR count). The lowest BCUT2D eigenvalue weighted by atomic mass is 10.1. The average Bonchev–Trinajstić information content (AvgIpc) is 2.49. The fourth-order valence-corrected chi connectivity index (χ4v) is 2.20. The van der Waals surface area contributed by atoms with Gasteiger partial charge in [-0.1, -0.05) is 71.6 Å². The molecule has 0 atom stereocenters. The maximum atomic E-state index is 11.5. The van der Waals surface area contributed by atoms with E-state index in [0.717, 1.165) is 32.1 Å². The largest absolute Gasteiger partial charge is 0.348 e. The zero-order valence-electron chi connectivity index (χ0n) is 14.0. The SMILES string of the molecule is CCCCCCCCCCNC(=O)C(=O)NCCCCC. The van der Waals surface area contributed by atoms with Crippen molar-refractivity contribution in [3.8, 4) is 0 Å². The number of hydrogen-bond donors (Lipinski definition) is 2. The van der Waals surface area contributed by atoms with Crippen LogP contribution in [0.5, 0.6) is 0 Å². The highest BCUT2D eigenvalue weighted by atomic mass is 16.2. The molecule has 0 aromatic carbocycles. The van der Waals surface area contributed by atoms with E-state index in [0.29, 0.717) is 13.1 Å². The number of amides is 2. The molecule has 0 unspecified atom stereocenters. The Kier molecular flexibility index (Phi) is 14.6. The first-order valence-corrected chi connectivity index (χ1v) is 8.78. The molecule has 0 aromatic rings. The highest BCUT2D eigenvalue weighted by Gasteiger charge is 2.11. The Bertz CT molecular complexity index is 268. The molecule has 124 valence electrons. The molecule has 0 aliphatic rings. The molecule has 2 N–H and O–H groups in total. The van der Waals surface area contributed by atoms with E-state index in [9.17, 15) is 9.59 Å². The minimum atomic E-state index is -0.495. The number of unbranched alkanes of at least 4 members (excludes halogenated alkanes) is 9. The lowest BCUT2D eigenvalue weighted by Gasteiger charge is -2.06. The van der Waals surface area contributed by atoms with E-state index < -0.39 is 11.8 Å². The van der Waals surface area contributed by atoms with Crippen LogP contribution in [0.1, 0.15) is 84.5 Å². The van der Waals surface area contributed by atoms with Crippen LogP contribution in [-0.4, -0.2) is 24.9 Å². The van der Waals surface area contributed by atoms with E-state index in [4.69, 9.17) is 0 Å². The zero-order chi connectivity index (χ0) is 15.8. The molecule has 0 heterocycles. The lowest BCUT2D eigenvalue weighted by Crippen LogP contribution is -2.40. The van der Waals surface area contributed by atoms with Crippen LogP contribution in [0.3, 0.4) is 0 Å². The molecule has 0 saturated heterocycles. The first-order chi connectivity index (χ1) is 10.2. The standard InChI is InChI=1S/C17H34N2O2/c1-3-5-7-8-9-10-11-13-15-19-17(21)16(20)18-14-12-6-4-2/h3-15H2,1-2H3,(H,18,20)(H,19,21). The van der Waals surface area contributed by atoms with Crippen LogP contribution in [0.25, 0.3) is 0 Å². The van der Waals surface area contributed by atoms with Crippen LogP contribution in [0, 0.1) is 0 Å². The van der Waals surface area contributed by atoms with Crippen molar-refractivity contribution in [1.82, 2.24) is 10.6 Å². The Morgan fingerprint density at radius 3 is 1.38 bits per heavy atom. The predicted octanol–water partition coefficient (Wildman–Crippen LogP) is 3.55. The van der Waals surface area contributed by atoms with Crippen molar-refractivity contribution in [2.75, 3.05) is 13.1 Å². The number of nitrogens with one attached hydrogen (secondary N) is 2. The second kappa shape index (κ2) is 15.3. The molecule has 0 radical (unpaired) electrons. The minimum Gasteiger partial charge on any atom is -0.348 e. The molecule has 0 aromatic heterocycles. The van der Waals surface area contributed by atoms with Gasteiger partial charge in [-0.3, -0.25) is 9.59 Å². The van der Waals surface area contributed by atoms with Gasteiger partial charge in [-0.15, -0.1) is 0 Å². The van der Waals surface area contributed by atoms with Gasteiger partial charge in [0, 0.05) is 13.1 Å². The summed E-state index contributed by atoms with van der Waals surface area (Å²) < 4.78 is 0. The highest BCUT2D eigenvalue weighted by Crippen LogP contribution is 2.07. The van der Waals surface area contributed by atoms with Gasteiger partial charge in [0.25, 0.3) is 0 Å². The Labute approximate surface area is 130 Å². The molecule has 4 heteroatoms. The van der Waals surface area contributed by atoms with Crippen LogP contribution >= 0.6 is 0 Å². The molecule has 0 bridgehead atoms. The first kappa shape index (κ1) is 19.9. The average molecular weight is 298 g/mol. The van der Waals surface area contributed by atoms with Crippen molar-refractivity contribution in [2.45, 2.75) is 84.5 Å². The van der Waals surface area contributed by atoms with Crippen LogP contribution in [-0.2, 0) is 9.59 Å². The number of rotatable bonds is 13. The summed E-state index contributed by atoms with van der Waals surface area (Å²) in [4.78, 5) is 22.9. The first-order valence-electron chi connectivity index (χ1n) is 8.78. The number of carbonyl (C=O) groups excluding carboxylic acids is 2. The quantitative estimate of drug-likeness (QED) is 0.403. The third kappa shape index (κ3) is 13.7. The van der Waals surface area contributed by atoms with E-state index in [2.05, 4.69) is 24.5 Å². The molecule has 2 amide bonds. The van der Waals surface area contributed by atoms with Gasteiger partial charge in [-0.05, 0) is 12.8 Å². The zero-order valence-corrected chi connectivity index (χ0v) is 14.0. The molecule has 21 heavy (non-hydrogen) atoms. The second-order valence-corrected chi connectivity index (χ2v) is 5.69. The van der Waals surface area contributed by atoms with Gasteiger partial charge < -0.3 is 10.6 Å². The predicted molar refractivity (Wildman–Crippen MR) is 88.2 cm³/mol. The van der Waals surface area contributed by atoms with Gasteiger partial charge in [0.05, 0.1) is 0 Å². The van der Waals surface area contributed by atoms with E-state index in [1.165, 1.54) is 38.5 Å². The summed E-state index contributed by atoms with van der Waals surface area (Å²) in [5.74, 6) is -0.986. The van der Waals surface area contributed by atoms with Crippen molar-refractivity contribution in [3.05, 3.63) is 0 Å². The molecule has 4 nitrogen and oxygen atoms in total. The normalized spacial score (nSPS) is 10.4. The molecule has 0 aliphatic heterocycles.